The van der Waals surface area contributed by atoms with Crippen LogP contribution in [0.2, 0.25) is 5.02 Å². The molecule has 34 heavy (non-hydrogen) atoms. The van der Waals surface area contributed by atoms with Gasteiger partial charge in [-0.2, -0.15) is 0 Å². The fraction of sp³-hybridized carbons (Fsp3) is 0.240. The number of anilines is 2. The number of carbonyl (C=O) groups is 1. The van der Waals surface area contributed by atoms with Gasteiger partial charge < -0.3 is 10.1 Å². The Morgan fingerprint density at radius 3 is 2.38 bits per heavy atom. The summed E-state index contributed by atoms with van der Waals surface area (Å²) in [4.78, 5) is 13.2. The van der Waals surface area contributed by atoms with Gasteiger partial charge in [-0.3, -0.25) is 9.10 Å². The molecular weight excluding hydrogens is 540 g/mol. The van der Waals surface area contributed by atoms with Gasteiger partial charge in [-0.05, 0) is 85.5 Å². The standard InChI is InChI=1S/C25H26BrClN2O4S/c1-5-18-14-19(26)13-17(3)25(18)28-24(30)15-29(21-9-7-20(27)8-10-21)34(31,32)23-12-16(2)6-11-22(23)33-4/h6-14H,5,15H2,1-4H3,(H,28,30). The van der Waals surface area contributed by atoms with Crippen LogP contribution >= 0.6 is 27.5 Å². The molecule has 3 aromatic rings. The van der Waals surface area contributed by atoms with Gasteiger partial charge in [0, 0.05) is 15.2 Å². The minimum atomic E-state index is -4.16. The SMILES string of the molecule is CCc1cc(Br)cc(C)c1NC(=O)CN(c1ccc(Cl)cc1)S(=O)(=O)c1cc(C)ccc1OC. The van der Waals surface area contributed by atoms with Crippen molar-refractivity contribution in [2.24, 2.45) is 0 Å². The van der Waals surface area contributed by atoms with Crippen molar-refractivity contribution >= 4 is 54.8 Å². The molecule has 0 saturated heterocycles. The highest BCUT2D eigenvalue weighted by Crippen LogP contribution is 2.32. The Morgan fingerprint density at radius 2 is 1.76 bits per heavy atom. The van der Waals surface area contributed by atoms with Gasteiger partial charge in [0.25, 0.3) is 10.0 Å². The predicted molar refractivity (Wildman–Crippen MR) is 141 cm³/mol. The van der Waals surface area contributed by atoms with E-state index in [1.807, 2.05) is 26.0 Å². The summed E-state index contributed by atoms with van der Waals surface area (Å²) in [6.07, 6.45) is 0.704. The number of halogens is 2. The molecule has 0 aliphatic heterocycles. The molecule has 0 spiro atoms. The van der Waals surface area contributed by atoms with Crippen LogP contribution in [0.5, 0.6) is 5.75 Å². The lowest BCUT2D eigenvalue weighted by Crippen LogP contribution is -2.38. The largest absolute Gasteiger partial charge is 0.495 e. The summed E-state index contributed by atoms with van der Waals surface area (Å²) in [5.41, 5.74) is 3.56. The fourth-order valence-electron chi connectivity index (χ4n) is 3.61. The van der Waals surface area contributed by atoms with E-state index in [9.17, 15) is 13.2 Å². The van der Waals surface area contributed by atoms with Crippen molar-refractivity contribution in [3.05, 3.63) is 80.8 Å². The van der Waals surface area contributed by atoms with Crippen LogP contribution in [-0.2, 0) is 21.2 Å². The average molecular weight is 566 g/mol. The van der Waals surface area contributed by atoms with E-state index < -0.39 is 22.5 Å². The molecule has 1 N–H and O–H groups in total. The average Bonchev–Trinajstić information content (AvgIpc) is 2.79. The Balaban J connectivity index is 2.04. The Labute approximate surface area is 214 Å². The zero-order valence-corrected chi connectivity index (χ0v) is 22.5. The number of benzene rings is 3. The number of aryl methyl sites for hydroxylation is 3. The van der Waals surface area contributed by atoms with E-state index in [1.54, 1.807) is 43.3 Å². The third kappa shape index (κ3) is 5.74. The van der Waals surface area contributed by atoms with Crippen molar-refractivity contribution in [3.63, 3.8) is 0 Å². The van der Waals surface area contributed by atoms with Crippen LogP contribution in [0, 0.1) is 13.8 Å². The molecule has 6 nitrogen and oxygen atoms in total. The van der Waals surface area contributed by atoms with Crippen molar-refractivity contribution in [1.29, 1.82) is 0 Å². The molecular formula is C25H26BrClN2O4S. The first-order valence-corrected chi connectivity index (χ1v) is 13.2. The minimum absolute atomic E-state index is 0.0215. The molecule has 3 aromatic carbocycles. The summed E-state index contributed by atoms with van der Waals surface area (Å²) in [6, 6.07) is 15.0. The monoisotopic (exact) mass is 564 g/mol. The fourth-order valence-corrected chi connectivity index (χ4v) is 6.02. The number of methoxy groups -OCH3 is 1. The number of hydrogen-bond acceptors (Lipinski definition) is 4. The van der Waals surface area contributed by atoms with E-state index in [0.717, 1.165) is 25.5 Å². The summed E-state index contributed by atoms with van der Waals surface area (Å²) in [5, 5.41) is 3.36. The zero-order valence-electron chi connectivity index (χ0n) is 19.4. The van der Waals surface area contributed by atoms with E-state index in [-0.39, 0.29) is 10.6 Å². The van der Waals surface area contributed by atoms with Crippen molar-refractivity contribution in [3.8, 4) is 5.75 Å². The molecule has 0 heterocycles. The highest BCUT2D eigenvalue weighted by molar-refractivity contribution is 9.10. The topological polar surface area (TPSA) is 75.7 Å². The van der Waals surface area contributed by atoms with Crippen LogP contribution in [0.25, 0.3) is 0 Å². The summed E-state index contributed by atoms with van der Waals surface area (Å²) in [5.74, 6) is -0.271. The number of nitrogens with one attached hydrogen (secondary N) is 1. The van der Waals surface area contributed by atoms with Crippen molar-refractivity contribution in [2.45, 2.75) is 32.1 Å². The van der Waals surface area contributed by atoms with Gasteiger partial charge in [-0.1, -0.05) is 40.5 Å². The summed E-state index contributed by atoms with van der Waals surface area (Å²) >= 11 is 9.50. The van der Waals surface area contributed by atoms with Crippen LogP contribution in [0.15, 0.2) is 64.0 Å². The van der Waals surface area contributed by atoms with Crippen molar-refractivity contribution < 1.29 is 17.9 Å². The Morgan fingerprint density at radius 1 is 1.09 bits per heavy atom. The molecule has 0 aliphatic carbocycles. The van der Waals surface area contributed by atoms with Crippen LogP contribution in [0.3, 0.4) is 0 Å². The first-order chi connectivity index (χ1) is 16.1. The third-order valence-corrected chi connectivity index (χ3v) is 7.82. The lowest BCUT2D eigenvalue weighted by molar-refractivity contribution is -0.114. The van der Waals surface area contributed by atoms with Crippen molar-refractivity contribution in [2.75, 3.05) is 23.3 Å². The van der Waals surface area contributed by atoms with Gasteiger partial charge in [0.1, 0.15) is 17.2 Å². The van der Waals surface area contributed by atoms with Crippen LogP contribution in [-0.4, -0.2) is 28.0 Å². The normalized spacial score (nSPS) is 11.2. The summed E-state index contributed by atoms with van der Waals surface area (Å²) in [7, 11) is -2.75. The van der Waals surface area contributed by atoms with Gasteiger partial charge in [-0.25, -0.2) is 8.42 Å². The maximum atomic E-state index is 13.8. The highest BCUT2D eigenvalue weighted by atomic mass is 79.9. The molecule has 0 bridgehead atoms. The van der Waals surface area contributed by atoms with Gasteiger partial charge >= 0.3 is 0 Å². The maximum Gasteiger partial charge on any atom is 0.268 e. The molecule has 3 rings (SSSR count). The van der Waals surface area contributed by atoms with Gasteiger partial charge in [-0.15, -0.1) is 0 Å². The summed E-state index contributed by atoms with van der Waals surface area (Å²) < 4.78 is 34.9. The highest BCUT2D eigenvalue weighted by Gasteiger charge is 2.30. The molecule has 0 unspecified atom stereocenters. The molecule has 0 fully saturated rings. The second-order valence-electron chi connectivity index (χ2n) is 7.80. The zero-order chi connectivity index (χ0) is 25.0. The molecule has 0 saturated carbocycles. The van der Waals surface area contributed by atoms with Crippen LogP contribution < -0.4 is 14.4 Å². The smallest absolute Gasteiger partial charge is 0.268 e. The van der Waals surface area contributed by atoms with Gasteiger partial charge in [0.2, 0.25) is 5.91 Å². The predicted octanol–water partition coefficient (Wildman–Crippen LogP) is 6.12. The number of hydrogen-bond donors (Lipinski definition) is 1. The molecule has 180 valence electrons. The number of nitrogens with zero attached hydrogens (tertiary/aromatic N) is 1. The molecule has 0 aromatic heterocycles. The van der Waals surface area contributed by atoms with E-state index in [4.69, 9.17) is 16.3 Å². The van der Waals surface area contributed by atoms with Gasteiger partial charge in [0.05, 0.1) is 12.8 Å². The number of ether oxygens (including phenoxy) is 1. The summed E-state index contributed by atoms with van der Waals surface area (Å²) in [6.45, 7) is 5.25. The quantitative estimate of drug-likeness (QED) is 0.357. The Kier molecular flexibility index (Phi) is 8.28. The van der Waals surface area contributed by atoms with E-state index >= 15 is 0 Å². The lowest BCUT2D eigenvalue weighted by atomic mass is 10.1. The number of amides is 1. The lowest BCUT2D eigenvalue weighted by Gasteiger charge is -2.25. The first kappa shape index (κ1) is 26.1. The molecule has 1 amide bonds. The van der Waals surface area contributed by atoms with Gasteiger partial charge in [0.15, 0.2) is 0 Å². The Hall–Kier alpha value is -2.55. The third-order valence-electron chi connectivity index (χ3n) is 5.32. The molecule has 9 heteroatoms. The van der Waals surface area contributed by atoms with Crippen molar-refractivity contribution in [1.82, 2.24) is 0 Å². The van der Waals surface area contributed by atoms with E-state index in [0.29, 0.717) is 22.8 Å². The van der Waals surface area contributed by atoms with Crippen LogP contribution in [0.4, 0.5) is 11.4 Å². The van der Waals surface area contributed by atoms with E-state index in [1.165, 1.54) is 13.2 Å². The maximum absolute atomic E-state index is 13.8. The molecule has 0 aliphatic rings. The Bertz CT molecular complexity index is 1310. The number of rotatable bonds is 8. The first-order valence-electron chi connectivity index (χ1n) is 10.6. The second-order valence-corrected chi connectivity index (χ2v) is 11.0. The van der Waals surface area contributed by atoms with E-state index in [2.05, 4.69) is 21.2 Å². The molecule has 0 radical (unpaired) electrons. The number of sulfonamides is 1. The molecule has 0 atom stereocenters. The second kappa shape index (κ2) is 10.8. The van der Waals surface area contributed by atoms with Crippen LogP contribution in [0.1, 0.15) is 23.6 Å². The number of carbonyl (C=O) groups excluding carboxylic acids is 1. The minimum Gasteiger partial charge on any atom is -0.495 e.